The molecule has 2 unspecified atom stereocenters. The normalized spacial score (nSPS) is 34.9. The Bertz CT molecular complexity index is 461. The van der Waals surface area contributed by atoms with Gasteiger partial charge in [-0.05, 0) is 0 Å². The van der Waals surface area contributed by atoms with E-state index >= 15 is 0 Å². The van der Waals surface area contributed by atoms with Crippen LogP contribution in [0.5, 0.6) is 0 Å². The van der Waals surface area contributed by atoms with Crippen molar-refractivity contribution in [2.24, 2.45) is 0 Å². The van der Waals surface area contributed by atoms with Crippen LogP contribution in [0.3, 0.4) is 0 Å². The van der Waals surface area contributed by atoms with Crippen LogP contribution in [-0.4, -0.2) is 47.2 Å². The number of rotatable bonds is 3. The average Bonchev–Trinajstić information content (AvgIpc) is 2.93. The van der Waals surface area contributed by atoms with Crippen LogP contribution in [0.1, 0.15) is 11.9 Å². The first-order valence-electron chi connectivity index (χ1n) is 6.05. The summed E-state index contributed by atoms with van der Waals surface area (Å²) < 4.78 is 15.7. The number of esters is 1. The number of aliphatic hydroxyl groups excluding tert-OH is 2. The van der Waals surface area contributed by atoms with Crippen molar-refractivity contribution in [2.75, 3.05) is 6.61 Å². The van der Waals surface area contributed by atoms with E-state index in [9.17, 15) is 15.0 Å². The molecule has 1 aromatic carbocycles. The highest BCUT2D eigenvalue weighted by Crippen LogP contribution is 2.31. The van der Waals surface area contributed by atoms with Gasteiger partial charge in [0.1, 0.15) is 12.2 Å². The molecule has 0 bridgehead atoms. The average molecular weight is 266 g/mol. The molecule has 0 amide bonds. The summed E-state index contributed by atoms with van der Waals surface area (Å²) in [6, 6.07) is 8.87. The number of benzene rings is 1. The second-order valence-corrected chi connectivity index (χ2v) is 4.58. The van der Waals surface area contributed by atoms with Crippen LogP contribution in [0.4, 0.5) is 0 Å². The maximum Gasteiger partial charge on any atom is 0.338 e. The van der Waals surface area contributed by atoms with E-state index in [2.05, 4.69) is 0 Å². The predicted molar refractivity (Wildman–Crippen MR) is 61.9 cm³/mol. The van der Waals surface area contributed by atoms with Crippen molar-refractivity contribution >= 4 is 5.97 Å². The third kappa shape index (κ3) is 2.23. The maximum absolute atomic E-state index is 11.2. The van der Waals surface area contributed by atoms with E-state index in [0.717, 1.165) is 0 Å². The molecule has 2 aliphatic rings. The van der Waals surface area contributed by atoms with E-state index in [1.165, 1.54) is 0 Å². The molecule has 2 fully saturated rings. The number of aliphatic hydroxyl groups is 2. The molecular weight excluding hydrogens is 252 g/mol. The van der Waals surface area contributed by atoms with Crippen molar-refractivity contribution in [3.05, 3.63) is 35.9 Å². The van der Waals surface area contributed by atoms with Crippen LogP contribution >= 0.6 is 0 Å². The minimum Gasteiger partial charge on any atom is -0.455 e. The van der Waals surface area contributed by atoms with Gasteiger partial charge in [-0.2, -0.15) is 0 Å². The van der Waals surface area contributed by atoms with Gasteiger partial charge in [-0.25, -0.2) is 4.79 Å². The smallest absolute Gasteiger partial charge is 0.338 e. The molecule has 2 heterocycles. The Morgan fingerprint density at radius 3 is 2.74 bits per heavy atom. The lowest BCUT2D eigenvalue weighted by atomic mass is 10.1. The SMILES string of the molecule is O=C1OC2C(OC[C@@H]2O[C@H](O)c2ccccc2)[C@@H]1O. The Labute approximate surface area is 109 Å². The van der Waals surface area contributed by atoms with E-state index in [-0.39, 0.29) is 6.61 Å². The van der Waals surface area contributed by atoms with Crippen molar-refractivity contribution in [1.29, 1.82) is 0 Å². The third-order valence-corrected chi connectivity index (χ3v) is 3.34. The zero-order chi connectivity index (χ0) is 13.4. The van der Waals surface area contributed by atoms with Crippen LogP contribution in [0.15, 0.2) is 30.3 Å². The Morgan fingerprint density at radius 1 is 1.26 bits per heavy atom. The molecule has 3 rings (SSSR count). The zero-order valence-electron chi connectivity index (χ0n) is 10.0. The van der Waals surface area contributed by atoms with Gasteiger partial charge in [-0.1, -0.05) is 30.3 Å². The molecule has 102 valence electrons. The molecule has 5 atom stereocenters. The highest BCUT2D eigenvalue weighted by molar-refractivity contribution is 5.78. The van der Waals surface area contributed by atoms with E-state index in [0.29, 0.717) is 5.56 Å². The number of hydrogen-bond acceptors (Lipinski definition) is 6. The van der Waals surface area contributed by atoms with Crippen molar-refractivity contribution in [3.8, 4) is 0 Å². The number of carbonyl (C=O) groups excluding carboxylic acids is 1. The molecule has 2 aliphatic heterocycles. The first kappa shape index (κ1) is 12.6. The summed E-state index contributed by atoms with van der Waals surface area (Å²) in [5, 5.41) is 19.5. The summed E-state index contributed by atoms with van der Waals surface area (Å²) >= 11 is 0. The Balaban J connectivity index is 1.67. The largest absolute Gasteiger partial charge is 0.455 e. The molecule has 0 aromatic heterocycles. The number of fused-ring (bicyclic) bond motifs is 1. The fraction of sp³-hybridized carbons (Fsp3) is 0.462. The summed E-state index contributed by atoms with van der Waals surface area (Å²) in [6.07, 6.45) is -4.35. The van der Waals surface area contributed by atoms with Crippen LogP contribution in [0, 0.1) is 0 Å². The van der Waals surface area contributed by atoms with E-state index in [1.54, 1.807) is 24.3 Å². The van der Waals surface area contributed by atoms with Gasteiger partial charge >= 0.3 is 5.97 Å². The van der Waals surface area contributed by atoms with Crippen LogP contribution < -0.4 is 0 Å². The van der Waals surface area contributed by atoms with Gasteiger partial charge in [0.15, 0.2) is 18.5 Å². The van der Waals surface area contributed by atoms with E-state index in [1.807, 2.05) is 6.07 Å². The van der Waals surface area contributed by atoms with Gasteiger partial charge in [0, 0.05) is 5.56 Å². The molecule has 6 nitrogen and oxygen atoms in total. The summed E-state index contributed by atoms with van der Waals surface area (Å²) in [4.78, 5) is 11.2. The topological polar surface area (TPSA) is 85.2 Å². The highest BCUT2D eigenvalue weighted by Gasteiger charge is 2.53. The van der Waals surface area contributed by atoms with Crippen molar-refractivity contribution in [3.63, 3.8) is 0 Å². The monoisotopic (exact) mass is 266 g/mol. The Kier molecular flexibility index (Phi) is 3.24. The molecule has 0 aliphatic carbocycles. The van der Waals surface area contributed by atoms with Gasteiger partial charge in [0.05, 0.1) is 6.61 Å². The van der Waals surface area contributed by atoms with E-state index in [4.69, 9.17) is 14.2 Å². The van der Waals surface area contributed by atoms with Crippen LogP contribution in [-0.2, 0) is 19.0 Å². The minimum absolute atomic E-state index is 0.170. The molecule has 6 heteroatoms. The van der Waals surface area contributed by atoms with Crippen molar-refractivity contribution in [2.45, 2.75) is 30.7 Å². The van der Waals surface area contributed by atoms with Gasteiger partial charge in [0.25, 0.3) is 0 Å². The number of carbonyl (C=O) groups is 1. The number of hydrogen-bond donors (Lipinski definition) is 2. The van der Waals surface area contributed by atoms with E-state index < -0.39 is 36.7 Å². The van der Waals surface area contributed by atoms with Crippen molar-refractivity contribution in [1.82, 2.24) is 0 Å². The maximum atomic E-state index is 11.2. The second kappa shape index (κ2) is 4.90. The summed E-state index contributed by atoms with van der Waals surface area (Å²) in [7, 11) is 0. The molecule has 0 spiro atoms. The molecule has 19 heavy (non-hydrogen) atoms. The van der Waals surface area contributed by atoms with Gasteiger partial charge in [-0.3, -0.25) is 0 Å². The third-order valence-electron chi connectivity index (χ3n) is 3.34. The molecule has 2 saturated heterocycles. The molecule has 1 aromatic rings. The fourth-order valence-corrected chi connectivity index (χ4v) is 2.34. The predicted octanol–water partition coefficient (Wildman–Crippen LogP) is -0.252. The molecule has 0 radical (unpaired) electrons. The standard InChI is InChI=1S/C13H14O6/c14-9-11-10(19-13(9)16)8(6-17-11)18-12(15)7-4-2-1-3-5-7/h1-5,8-12,14-15H,6H2/t8-,9-,10?,11?,12-/m0/s1. The first-order valence-corrected chi connectivity index (χ1v) is 6.05. The highest BCUT2D eigenvalue weighted by atomic mass is 16.7. The second-order valence-electron chi connectivity index (χ2n) is 4.58. The Hall–Kier alpha value is -1.47. The Morgan fingerprint density at radius 2 is 2.00 bits per heavy atom. The zero-order valence-corrected chi connectivity index (χ0v) is 10.0. The van der Waals surface area contributed by atoms with Gasteiger partial charge in [-0.15, -0.1) is 0 Å². The van der Waals surface area contributed by atoms with Crippen LogP contribution in [0.25, 0.3) is 0 Å². The fourth-order valence-electron chi connectivity index (χ4n) is 2.34. The quantitative estimate of drug-likeness (QED) is 0.579. The first-order chi connectivity index (χ1) is 9.16. The van der Waals surface area contributed by atoms with Crippen LogP contribution in [0.2, 0.25) is 0 Å². The molecule has 0 saturated carbocycles. The van der Waals surface area contributed by atoms with Gasteiger partial charge in [0.2, 0.25) is 0 Å². The van der Waals surface area contributed by atoms with Gasteiger partial charge < -0.3 is 24.4 Å². The summed E-state index contributed by atoms with van der Waals surface area (Å²) in [6.45, 7) is 0.170. The molecular formula is C13H14O6. The van der Waals surface area contributed by atoms with Crippen molar-refractivity contribution < 1.29 is 29.2 Å². The summed E-state index contributed by atoms with van der Waals surface area (Å²) in [5.41, 5.74) is 0.607. The minimum atomic E-state index is -1.27. The number of ether oxygens (including phenoxy) is 3. The molecule has 2 N–H and O–H groups in total. The lowest BCUT2D eigenvalue weighted by Crippen LogP contribution is -2.33. The summed E-state index contributed by atoms with van der Waals surface area (Å²) in [5.74, 6) is -0.711. The lowest BCUT2D eigenvalue weighted by molar-refractivity contribution is -0.174. The lowest BCUT2D eigenvalue weighted by Gasteiger charge is -2.20.